The summed E-state index contributed by atoms with van der Waals surface area (Å²) in [4.78, 5) is 0. The Bertz CT molecular complexity index is 750. The Morgan fingerprint density at radius 2 is 1.86 bits per heavy atom. The third kappa shape index (κ3) is 2.71. The van der Waals surface area contributed by atoms with Crippen LogP contribution in [0.5, 0.6) is 0 Å². The van der Waals surface area contributed by atoms with Crippen LogP contribution in [0.1, 0.15) is 22.9 Å². The molecule has 3 aromatic rings. The van der Waals surface area contributed by atoms with E-state index in [9.17, 15) is 4.39 Å². The molecule has 106 valence electrons. The SMILES string of the molecule is Cc1ccc(C(N)c2ccn(-c3ccccc3)n2)cc1F. The van der Waals surface area contributed by atoms with Crippen LogP contribution < -0.4 is 5.73 Å². The lowest BCUT2D eigenvalue weighted by atomic mass is 10.0. The Labute approximate surface area is 122 Å². The van der Waals surface area contributed by atoms with Crippen molar-refractivity contribution in [3.05, 3.63) is 83.4 Å². The zero-order valence-corrected chi connectivity index (χ0v) is 11.7. The van der Waals surface area contributed by atoms with Crippen LogP contribution in [0.3, 0.4) is 0 Å². The molecule has 2 aromatic carbocycles. The van der Waals surface area contributed by atoms with E-state index in [-0.39, 0.29) is 5.82 Å². The standard InChI is InChI=1S/C17H16FN3/c1-12-7-8-13(11-15(12)18)17(19)16-9-10-21(20-16)14-5-3-2-4-6-14/h2-11,17H,19H2,1H3. The van der Waals surface area contributed by atoms with Gasteiger partial charge >= 0.3 is 0 Å². The van der Waals surface area contributed by atoms with E-state index in [1.807, 2.05) is 48.7 Å². The zero-order chi connectivity index (χ0) is 14.8. The summed E-state index contributed by atoms with van der Waals surface area (Å²) in [6.07, 6.45) is 1.86. The predicted molar refractivity (Wildman–Crippen MR) is 80.7 cm³/mol. The maximum Gasteiger partial charge on any atom is 0.126 e. The first-order valence-electron chi connectivity index (χ1n) is 6.78. The number of nitrogens with two attached hydrogens (primary N) is 1. The second-order valence-corrected chi connectivity index (χ2v) is 5.01. The summed E-state index contributed by atoms with van der Waals surface area (Å²) in [7, 11) is 0. The number of nitrogens with zero attached hydrogens (tertiary/aromatic N) is 2. The smallest absolute Gasteiger partial charge is 0.126 e. The molecule has 1 heterocycles. The van der Waals surface area contributed by atoms with Crippen molar-refractivity contribution < 1.29 is 4.39 Å². The highest BCUT2D eigenvalue weighted by Crippen LogP contribution is 2.21. The van der Waals surface area contributed by atoms with Crippen molar-refractivity contribution in [1.29, 1.82) is 0 Å². The van der Waals surface area contributed by atoms with Crippen molar-refractivity contribution in [2.45, 2.75) is 13.0 Å². The van der Waals surface area contributed by atoms with Crippen LogP contribution in [-0.4, -0.2) is 9.78 Å². The topological polar surface area (TPSA) is 43.8 Å². The maximum atomic E-state index is 13.6. The largest absolute Gasteiger partial charge is 0.319 e. The lowest BCUT2D eigenvalue weighted by molar-refractivity contribution is 0.613. The van der Waals surface area contributed by atoms with Gasteiger partial charge in [-0.2, -0.15) is 5.10 Å². The molecular formula is C17H16FN3. The number of halogens is 1. The van der Waals surface area contributed by atoms with Gasteiger partial charge in [0.1, 0.15) is 5.82 Å². The molecule has 21 heavy (non-hydrogen) atoms. The molecule has 1 aromatic heterocycles. The van der Waals surface area contributed by atoms with E-state index >= 15 is 0 Å². The van der Waals surface area contributed by atoms with Gasteiger partial charge in [0.05, 0.1) is 17.4 Å². The molecule has 4 heteroatoms. The highest BCUT2D eigenvalue weighted by molar-refractivity contribution is 5.33. The van der Waals surface area contributed by atoms with Crippen LogP contribution in [0.2, 0.25) is 0 Å². The van der Waals surface area contributed by atoms with Crippen LogP contribution in [0.4, 0.5) is 4.39 Å². The van der Waals surface area contributed by atoms with Gasteiger partial charge in [-0.05, 0) is 42.3 Å². The van der Waals surface area contributed by atoms with Gasteiger partial charge in [-0.15, -0.1) is 0 Å². The van der Waals surface area contributed by atoms with E-state index in [1.165, 1.54) is 6.07 Å². The van der Waals surface area contributed by atoms with Crippen LogP contribution >= 0.6 is 0 Å². The van der Waals surface area contributed by atoms with Crippen LogP contribution in [0.25, 0.3) is 5.69 Å². The van der Waals surface area contributed by atoms with Crippen molar-refractivity contribution in [2.24, 2.45) is 5.73 Å². The Kier molecular flexibility index (Phi) is 3.54. The summed E-state index contributed by atoms with van der Waals surface area (Å²) >= 11 is 0. The number of aryl methyl sites for hydroxylation is 1. The van der Waals surface area contributed by atoms with E-state index in [0.29, 0.717) is 11.3 Å². The van der Waals surface area contributed by atoms with Gasteiger partial charge in [-0.1, -0.05) is 30.3 Å². The normalized spacial score (nSPS) is 12.3. The summed E-state index contributed by atoms with van der Waals surface area (Å²) in [5.74, 6) is -0.245. The van der Waals surface area contributed by atoms with Crippen molar-refractivity contribution in [3.63, 3.8) is 0 Å². The molecule has 0 fully saturated rings. The van der Waals surface area contributed by atoms with Crippen molar-refractivity contribution >= 4 is 0 Å². The minimum atomic E-state index is -0.440. The number of aromatic nitrogens is 2. The van der Waals surface area contributed by atoms with E-state index < -0.39 is 6.04 Å². The second-order valence-electron chi connectivity index (χ2n) is 5.01. The molecule has 0 aliphatic heterocycles. The summed E-state index contributed by atoms with van der Waals surface area (Å²) in [5.41, 5.74) is 9.19. The molecule has 0 aliphatic rings. The van der Waals surface area contributed by atoms with Crippen LogP contribution in [-0.2, 0) is 0 Å². The number of rotatable bonds is 3. The van der Waals surface area contributed by atoms with E-state index in [0.717, 1.165) is 11.3 Å². The highest BCUT2D eigenvalue weighted by Gasteiger charge is 2.14. The van der Waals surface area contributed by atoms with Gasteiger partial charge in [0.25, 0.3) is 0 Å². The van der Waals surface area contributed by atoms with Crippen molar-refractivity contribution in [3.8, 4) is 5.69 Å². The summed E-state index contributed by atoms with van der Waals surface area (Å²) in [5, 5.41) is 4.48. The third-order valence-electron chi connectivity index (χ3n) is 3.50. The Morgan fingerprint density at radius 1 is 1.10 bits per heavy atom. The number of para-hydroxylation sites is 1. The average molecular weight is 281 g/mol. The van der Waals surface area contributed by atoms with Crippen LogP contribution in [0.15, 0.2) is 60.8 Å². The number of hydrogen-bond acceptors (Lipinski definition) is 2. The molecular weight excluding hydrogens is 265 g/mol. The lowest BCUT2D eigenvalue weighted by Crippen LogP contribution is -2.13. The Balaban J connectivity index is 1.90. The molecule has 0 amide bonds. The molecule has 0 bridgehead atoms. The number of hydrogen-bond donors (Lipinski definition) is 1. The fourth-order valence-electron chi connectivity index (χ4n) is 2.20. The molecule has 0 saturated carbocycles. The van der Waals surface area contributed by atoms with Gasteiger partial charge in [-0.3, -0.25) is 0 Å². The molecule has 1 unspecified atom stereocenters. The number of benzene rings is 2. The van der Waals surface area contributed by atoms with Gasteiger partial charge < -0.3 is 5.73 Å². The Morgan fingerprint density at radius 3 is 2.57 bits per heavy atom. The first-order valence-corrected chi connectivity index (χ1v) is 6.78. The molecule has 0 saturated heterocycles. The second kappa shape index (κ2) is 5.50. The zero-order valence-electron chi connectivity index (χ0n) is 11.7. The van der Waals surface area contributed by atoms with E-state index in [4.69, 9.17) is 5.73 Å². The predicted octanol–water partition coefficient (Wildman–Crippen LogP) is 3.37. The lowest BCUT2D eigenvalue weighted by Gasteiger charge is -2.10. The van der Waals surface area contributed by atoms with Crippen LogP contribution in [0, 0.1) is 12.7 Å². The van der Waals surface area contributed by atoms with E-state index in [1.54, 1.807) is 17.7 Å². The fraction of sp³-hybridized carbons (Fsp3) is 0.118. The molecule has 2 N–H and O–H groups in total. The molecule has 0 aliphatic carbocycles. The first kappa shape index (κ1) is 13.5. The molecule has 3 rings (SSSR count). The summed E-state index contributed by atoms with van der Waals surface area (Å²) < 4.78 is 15.4. The van der Waals surface area contributed by atoms with Crippen molar-refractivity contribution in [2.75, 3.05) is 0 Å². The maximum absolute atomic E-state index is 13.6. The van der Waals surface area contributed by atoms with E-state index in [2.05, 4.69) is 5.10 Å². The average Bonchev–Trinajstić information content (AvgIpc) is 3.00. The quantitative estimate of drug-likeness (QED) is 0.800. The van der Waals surface area contributed by atoms with Gasteiger partial charge in [-0.25, -0.2) is 9.07 Å². The van der Waals surface area contributed by atoms with Crippen molar-refractivity contribution in [1.82, 2.24) is 9.78 Å². The minimum absolute atomic E-state index is 0.245. The first-order chi connectivity index (χ1) is 10.1. The van der Waals surface area contributed by atoms with Gasteiger partial charge in [0.15, 0.2) is 0 Å². The van der Waals surface area contributed by atoms with Gasteiger partial charge in [0, 0.05) is 6.20 Å². The minimum Gasteiger partial charge on any atom is -0.319 e. The summed E-state index contributed by atoms with van der Waals surface area (Å²) in [6.45, 7) is 1.73. The monoisotopic (exact) mass is 281 g/mol. The highest BCUT2D eigenvalue weighted by atomic mass is 19.1. The Hall–Kier alpha value is -2.46. The summed E-state index contributed by atoms with van der Waals surface area (Å²) in [6, 6.07) is 16.2. The molecule has 0 spiro atoms. The molecule has 3 nitrogen and oxygen atoms in total. The fourth-order valence-corrected chi connectivity index (χ4v) is 2.20. The van der Waals surface area contributed by atoms with Gasteiger partial charge in [0.2, 0.25) is 0 Å². The molecule has 1 atom stereocenters. The molecule has 0 radical (unpaired) electrons. The third-order valence-corrected chi connectivity index (χ3v) is 3.50.